The summed E-state index contributed by atoms with van der Waals surface area (Å²) in [5, 5.41) is 12.5. The molecule has 0 saturated carbocycles. The summed E-state index contributed by atoms with van der Waals surface area (Å²) in [7, 11) is 0. The summed E-state index contributed by atoms with van der Waals surface area (Å²) in [6.07, 6.45) is 0.641. The van der Waals surface area contributed by atoms with Crippen LogP contribution in [0.5, 0.6) is 5.75 Å². The van der Waals surface area contributed by atoms with Gasteiger partial charge in [-0.2, -0.15) is 5.26 Å². The van der Waals surface area contributed by atoms with Crippen LogP contribution in [0.1, 0.15) is 52.5 Å². The molecule has 0 heterocycles. The highest BCUT2D eigenvalue weighted by atomic mass is 16.5. The van der Waals surface area contributed by atoms with Crippen LogP contribution in [0.2, 0.25) is 0 Å². The lowest BCUT2D eigenvalue weighted by Crippen LogP contribution is -2.44. The maximum atomic E-state index is 9.31. The first-order chi connectivity index (χ1) is 9.41. The highest BCUT2D eigenvalue weighted by molar-refractivity contribution is 5.35. The number of benzene rings is 1. The van der Waals surface area contributed by atoms with Crippen LogP contribution < -0.4 is 10.1 Å². The Labute approximate surface area is 123 Å². The van der Waals surface area contributed by atoms with Crippen LogP contribution in [-0.4, -0.2) is 18.2 Å². The minimum Gasteiger partial charge on any atom is -0.490 e. The molecule has 0 aliphatic carbocycles. The van der Waals surface area contributed by atoms with Crippen molar-refractivity contribution in [2.24, 2.45) is 0 Å². The lowest BCUT2D eigenvalue weighted by atomic mass is 9.96. The van der Waals surface area contributed by atoms with Crippen molar-refractivity contribution in [2.45, 2.75) is 58.6 Å². The molecule has 2 unspecified atom stereocenters. The molecule has 0 aliphatic rings. The number of nitrogens with zero attached hydrogens (tertiary/aromatic N) is 1. The molecule has 0 radical (unpaired) electrons. The molecule has 0 fully saturated rings. The van der Waals surface area contributed by atoms with Gasteiger partial charge in [-0.3, -0.25) is 5.32 Å². The molecule has 2 atom stereocenters. The van der Waals surface area contributed by atoms with Gasteiger partial charge >= 0.3 is 0 Å². The second-order valence-electron chi connectivity index (χ2n) is 5.80. The van der Waals surface area contributed by atoms with Crippen LogP contribution >= 0.6 is 0 Å². The van der Waals surface area contributed by atoms with Crippen molar-refractivity contribution in [1.82, 2.24) is 5.32 Å². The summed E-state index contributed by atoms with van der Waals surface area (Å²) in [6, 6.07) is 10.5. The van der Waals surface area contributed by atoms with Gasteiger partial charge in [0.15, 0.2) is 0 Å². The van der Waals surface area contributed by atoms with E-state index in [2.05, 4.69) is 31.3 Å². The fourth-order valence-corrected chi connectivity index (χ4v) is 2.45. The van der Waals surface area contributed by atoms with Crippen molar-refractivity contribution in [3.8, 4) is 11.8 Å². The zero-order valence-electron chi connectivity index (χ0n) is 13.2. The van der Waals surface area contributed by atoms with Gasteiger partial charge in [0.2, 0.25) is 0 Å². The Kier molecular flexibility index (Phi) is 6.04. The Morgan fingerprint density at radius 1 is 1.30 bits per heavy atom. The molecule has 0 amide bonds. The first-order valence-electron chi connectivity index (χ1n) is 7.33. The Hall–Kier alpha value is -1.53. The largest absolute Gasteiger partial charge is 0.490 e. The van der Waals surface area contributed by atoms with Gasteiger partial charge in [-0.1, -0.05) is 39.0 Å². The van der Waals surface area contributed by atoms with Crippen molar-refractivity contribution in [2.75, 3.05) is 6.54 Å². The highest BCUT2D eigenvalue weighted by Gasteiger charge is 2.26. The average molecular weight is 274 g/mol. The molecule has 1 rings (SSSR count). The van der Waals surface area contributed by atoms with Crippen LogP contribution in [0.15, 0.2) is 24.3 Å². The van der Waals surface area contributed by atoms with Gasteiger partial charge < -0.3 is 4.74 Å². The van der Waals surface area contributed by atoms with Crippen LogP contribution in [0.3, 0.4) is 0 Å². The van der Waals surface area contributed by atoms with Crippen molar-refractivity contribution in [3.05, 3.63) is 29.8 Å². The van der Waals surface area contributed by atoms with E-state index in [-0.39, 0.29) is 6.10 Å². The first kappa shape index (κ1) is 16.5. The Morgan fingerprint density at radius 2 is 1.95 bits per heavy atom. The van der Waals surface area contributed by atoms with E-state index in [1.165, 1.54) is 5.56 Å². The smallest absolute Gasteiger partial charge is 0.123 e. The average Bonchev–Trinajstić information content (AvgIpc) is 2.39. The number of para-hydroxylation sites is 1. The van der Waals surface area contributed by atoms with Crippen LogP contribution in [-0.2, 0) is 0 Å². The first-order valence-corrected chi connectivity index (χ1v) is 7.33. The zero-order valence-corrected chi connectivity index (χ0v) is 13.2. The Bertz CT molecular complexity index is 464. The summed E-state index contributed by atoms with van der Waals surface area (Å²) >= 11 is 0. The van der Waals surface area contributed by atoms with E-state index < -0.39 is 5.54 Å². The molecule has 0 aromatic heterocycles. The molecule has 3 nitrogen and oxygen atoms in total. The predicted molar refractivity (Wildman–Crippen MR) is 82.9 cm³/mol. The summed E-state index contributed by atoms with van der Waals surface area (Å²) in [4.78, 5) is 0. The van der Waals surface area contributed by atoms with E-state index in [0.717, 1.165) is 12.3 Å². The SMILES string of the molecule is CCNC(C)(C#N)CC(C)Oc1ccccc1C(C)C. The number of hydrogen-bond donors (Lipinski definition) is 1. The number of nitriles is 1. The van der Waals surface area contributed by atoms with Crippen molar-refractivity contribution in [3.63, 3.8) is 0 Å². The number of ether oxygens (including phenoxy) is 1. The number of nitrogens with one attached hydrogen (secondary N) is 1. The van der Waals surface area contributed by atoms with E-state index >= 15 is 0 Å². The molecule has 0 bridgehead atoms. The molecule has 20 heavy (non-hydrogen) atoms. The second kappa shape index (κ2) is 7.31. The maximum absolute atomic E-state index is 9.31. The molecule has 110 valence electrons. The highest BCUT2D eigenvalue weighted by Crippen LogP contribution is 2.28. The third-order valence-corrected chi connectivity index (χ3v) is 3.38. The van der Waals surface area contributed by atoms with Crippen LogP contribution in [0, 0.1) is 11.3 Å². The molecule has 1 N–H and O–H groups in total. The summed E-state index contributed by atoms with van der Waals surface area (Å²) in [6.45, 7) is 11.0. The van der Waals surface area contributed by atoms with E-state index in [9.17, 15) is 5.26 Å². The molecule has 0 aliphatic heterocycles. The topological polar surface area (TPSA) is 45.0 Å². The van der Waals surface area contributed by atoms with Gasteiger partial charge in [-0.15, -0.1) is 0 Å². The Balaban J connectivity index is 2.77. The summed E-state index contributed by atoms with van der Waals surface area (Å²) < 4.78 is 6.06. The molecular formula is C17H26N2O. The standard InChI is InChI=1S/C17H26N2O/c1-6-19-17(5,12-18)11-14(4)20-16-10-8-7-9-15(16)13(2)3/h7-10,13-14,19H,6,11H2,1-5H3. The quantitative estimate of drug-likeness (QED) is 0.821. The van der Waals surface area contributed by atoms with Gasteiger partial charge in [0, 0.05) is 6.42 Å². The third-order valence-electron chi connectivity index (χ3n) is 3.38. The third kappa shape index (κ3) is 4.54. The normalized spacial score (nSPS) is 15.4. The van der Waals surface area contributed by atoms with Crippen molar-refractivity contribution >= 4 is 0 Å². The van der Waals surface area contributed by atoms with Gasteiger partial charge in [0.05, 0.1) is 12.2 Å². The monoisotopic (exact) mass is 274 g/mol. The lowest BCUT2D eigenvalue weighted by molar-refractivity contribution is 0.178. The van der Waals surface area contributed by atoms with E-state index in [1.54, 1.807) is 0 Å². The van der Waals surface area contributed by atoms with Gasteiger partial charge in [0.25, 0.3) is 0 Å². The maximum Gasteiger partial charge on any atom is 0.123 e. The van der Waals surface area contributed by atoms with E-state index in [1.807, 2.05) is 39.0 Å². The minimum absolute atomic E-state index is 0.0152. The van der Waals surface area contributed by atoms with E-state index in [0.29, 0.717) is 12.3 Å². The fraction of sp³-hybridized carbons (Fsp3) is 0.588. The molecule has 0 spiro atoms. The lowest BCUT2D eigenvalue weighted by Gasteiger charge is -2.27. The molecule has 0 saturated heterocycles. The van der Waals surface area contributed by atoms with Crippen molar-refractivity contribution < 1.29 is 4.74 Å². The van der Waals surface area contributed by atoms with Gasteiger partial charge in [-0.05, 0) is 37.9 Å². The molecule has 1 aromatic carbocycles. The zero-order chi connectivity index (χ0) is 15.2. The fourth-order valence-electron chi connectivity index (χ4n) is 2.45. The predicted octanol–water partition coefficient (Wildman–Crippen LogP) is 3.86. The van der Waals surface area contributed by atoms with Crippen LogP contribution in [0.25, 0.3) is 0 Å². The minimum atomic E-state index is -0.541. The summed E-state index contributed by atoms with van der Waals surface area (Å²) in [5.41, 5.74) is 0.669. The Morgan fingerprint density at radius 3 is 2.50 bits per heavy atom. The number of hydrogen-bond acceptors (Lipinski definition) is 3. The van der Waals surface area contributed by atoms with Crippen molar-refractivity contribution in [1.29, 1.82) is 5.26 Å². The molecular weight excluding hydrogens is 248 g/mol. The molecule has 1 aromatic rings. The molecule has 3 heteroatoms. The summed E-state index contributed by atoms with van der Waals surface area (Å²) in [5.74, 6) is 1.35. The van der Waals surface area contributed by atoms with Crippen LogP contribution in [0.4, 0.5) is 0 Å². The second-order valence-corrected chi connectivity index (χ2v) is 5.80. The number of rotatable bonds is 7. The van der Waals surface area contributed by atoms with Gasteiger partial charge in [-0.25, -0.2) is 0 Å². The van der Waals surface area contributed by atoms with Gasteiger partial charge in [0.1, 0.15) is 11.3 Å². The van der Waals surface area contributed by atoms with E-state index in [4.69, 9.17) is 4.74 Å².